The van der Waals surface area contributed by atoms with Crippen molar-refractivity contribution >= 4 is 29.9 Å². The van der Waals surface area contributed by atoms with Gasteiger partial charge in [-0.2, -0.15) is 0 Å². The second kappa shape index (κ2) is 12.2. The van der Waals surface area contributed by atoms with E-state index in [0.717, 1.165) is 44.1 Å². The fourth-order valence-corrected chi connectivity index (χ4v) is 3.38. The number of β-amino-alcohol motifs (C(OH)–C–C–N with tert-alkyl or cyclic N) is 1. The Morgan fingerprint density at radius 2 is 2.03 bits per heavy atom. The van der Waals surface area contributed by atoms with E-state index < -0.39 is 5.60 Å². The van der Waals surface area contributed by atoms with E-state index in [0.29, 0.717) is 25.6 Å². The maximum Gasteiger partial charge on any atom is 0.191 e. The third-order valence-corrected chi connectivity index (χ3v) is 4.83. The molecular formula is C21H33IN6O2. The number of nitrogens with one attached hydrogen (secondary N) is 2. The molecule has 1 aliphatic heterocycles. The van der Waals surface area contributed by atoms with Crippen molar-refractivity contribution in [3.05, 3.63) is 48.5 Å². The monoisotopic (exact) mass is 528 g/mol. The van der Waals surface area contributed by atoms with Crippen LogP contribution < -0.4 is 10.6 Å². The first kappa shape index (κ1) is 24.6. The van der Waals surface area contributed by atoms with Gasteiger partial charge in [0, 0.05) is 45.1 Å². The Kier molecular flexibility index (Phi) is 10.0. The predicted octanol–water partition coefficient (Wildman–Crippen LogP) is 1.63. The lowest BCUT2D eigenvalue weighted by atomic mass is 10.1. The molecule has 0 amide bonds. The zero-order valence-corrected chi connectivity index (χ0v) is 20.1. The van der Waals surface area contributed by atoms with E-state index in [1.165, 1.54) is 0 Å². The highest BCUT2D eigenvalue weighted by Crippen LogP contribution is 2.15. The molecule has 8 nitrogen and oxygen atoms in total. The summed E-state index contributed by atoms with van der Waals surface area (Å²) >= 11 is 0. The van der Waals surface area contributed by atoms with E-state index in [1.807, 2.05) is 36.7 Å². The molecule has 30 heavy (non-hydrogen) atoms. The van der Waals surface area contributed by atoms with Gasteiger partial charge in [0.25, 0.3) is 0 Å². The number of rotatable bonds is 8. The van der Waals surface area contributed by atoms with Crippen LogP contribution in [0.5, 0.6) is 0 Å². The van der Waals surface area contributed by atoms with Crippen LogP contribution in [-0.4, -0.2) is 77.1 Å². The molecule has 3 N–H and O–H groups in total. The first-order chi connectivity index (χ1) is 14.1. The average molecular weight is 528 g/mol. The number of nitrogens with zero attached hydrogens (tertiary/aromatic N) is 4. The molecule has 1 unspecified atom stereocenters. The van der Waals surface area contributed by atoms with Crippen LogP contribution in [0.2, 0.25) is 0 Å². The number of guanidine groups is 1. The molecule has 1 aromatic heterocycles. The minimum atomic E-state index is -0.859. The topological polar surface area (TPSA) is 86.9 Å². The third kappa shape index (κ3) is 7.53. The van der Waals surface area contributed by atoms with Crippen LogP contribution in [0.25, 0.3) is 5.69 Å². The first-order valence-electron chi connectivity index (χ1n) is 10.2. The Hall–Kier alpha value is -1.69. The number of morpholine rings is 1. The van der Waals surface area contributed by atoms with Crippen molar-refractivity contribution in [1.82, 2.24) is 25.1 Å². The number of para-hydroxylation sites is 1. The molecule has 9 heteroatoms. The molecule has 2 aromatic rings. The maximum atomic E-state index is 10.8. The first-order valence-corrected chi connectivity index (χ1v) is 10.2. The average Bonchev–Trinajstić information content (AvgIpc) is 3.25. The minimum absolute atomic E-state index is 0. The second-order valence-corrected chi connectivity index (χ2v) is 7.53. The van der Waals surface area contributed by atoms with Gasteiger partial charge in [0.2, 0.25) is 0 Å². The number of hydrogen-bond acceptors (Lipinski definition) is 5. The molecule has 0 bridgehead atoms. The number of aromatic nitrogens is 2. The second-order valence-electron chi connectivity index (χ2n) is 7.53. The molecule has 0 aliphatic carbocycles. The summed E-state index contributed by atoms with van der Waals surface area (Å²) in [5.74, 6) is 0.690. The van der Waals surface area contributed by atoms with Crippen LogP contribution in [0, 0.1) is 0 Å². The van der Waals surface area contributed by atoms with Gasteiger partial charge in [-0.15, -0.1) is 24.0 Å². The van der Waals surface area contributed by atoms with Gasteiger partial charge in [0.1, 0.15) is 0 Å². The van der Waals surface area contributed by atoms with Crippen molar-refractivity contribution in [2.75, 3.05) is 45.9 Å². The van der Waals surface area contributed by atoms with Crippen molar-refractivity contribution in [3.8, 4) is 5.69 Å². The summed E-state index contributed by atoms with van der Waals surface area (Å²) in [6.45, 7) is 9.34. The molecule has 2 heterocycles. The highest BCUT2D eigenvalue weighted by Gasteiger charge is 2.25. The summed E-state index contributed by atoms with van der Waals surface area (Å²) in [5.41, 5.74) is 1.30. The molecule has 1 fully saturated rings. The molecule has 0 saturated carbocycles. The van der Waals surface area contributed by atoms with E-state index in [9.17, 15) is 5.11 Å². The van der Waals surface area contributed by atoms with Crippen LogP contribution in [0.15, 0.2) is 48.0 Å². The summed E-state index contributed by atoms with van der Waals surface area (Å²) in [6, 6.07) is 8.14. The van der Waals surface area contributed by atoms with E-state index in [1.54, 1.807) is 12.5 Å². The normalized spacial score (nSPS) is 17.1. The number of ether oxygens (including phenoxy) is 1. The van der Waals surface area contributed by atoms with Gasteiger partial charge >= 0.3 is 0 Å². The number of aliphatic hydroxyl groups is 1. The molecule has 1 aliphatic rings. The van der Waals surface area contributed by atoms with Crippen LogP contribution in [0.3, 0.4) is 0 Å². The Labute approximate surface area is 195 Å². The van der Waals surface area contributed by atoms with Crippen molar-refractivity contribution in [1.29, 1.82) is 0 Å². The molecule has 0 spiro atoms. The molecular weight excluding hydrogens is 495 g/mol. The molecule has 166 valence electrons. The molecule has 1 saturated heterocycles. The standard InChI is InChI=1S/C21H32N6O2.HI/c1-3-23-20(25-15-21(2,28)16-26-10-12-29-13-11-26)24-14-18-6-4-5-7-19(18)27-9-8-22-17-27;/h4-9,17,28H,3,10-16H2,1-2H3,(H2,23,24,25);1H. The van der Waals surface area contributed by atoms with Gasteiger partial charge in [-0.3, -0.25) is 4.90 Å². The number of halogens is 1. The summed E-state index contributed by atoms with van der Waals surface area (Å²) in [4.78, 5) is 11.1. The van der Waals surface area contributed by atoms with Gasteiger partial charge < -0.3 is 25.0 Å². The minimum Gasteiger partial charge on any atom is -0.387 e. The zero-order valence-electron chi connectivity index (χ0n) is 17.8. The SMILES string of the molecule is CCNC(=NCc1ccccc1-n1ccnc1)NCC(C)(O)CN1CCOCC1.I. The number of imidazole rings is 1. The smallest absolute Gasteiger partial charge is 0.191 e. The lowest BCUT2D eigenvalue weighted by molar-refractivity contribution is -0.0201. The summed E-state index contributed by atoms with van der Waals surface area (Å²) < 4.78 is 7.37. The summed E-state index contributed by atoms with van der Waals surface area (Å²) in [7, 11) is 0. The van der Waals surface area contributed by atoms with Crippen LogP contribution in [0.1, 0.15) is 19.4 Å². The number of aliphatic imine (C=N–C) groups is 1. The van der Waals surface area contributed by atoms with Crippen molar-refractivity contribution < 1.29 is 9.84 Å². The predicted molar refractivity (Wildman–Crippen MR) is 130 cm³/mol. The lowest BCUT2D eigenvalue weighted by Crippen LogP contribution is -2.52. The third-order valence-electron chi connectivity index (χ3n) is 4.83. The quantitative estimate of drug-likeness (QED) is 0.275. The van der Waals surface area contributed by atoms with Gasteiger partial charge in [0.15, 0.2) is 5.96 Å². The van der Waals surface area contributed by atoms with Gasteiger partial charge in [-0.25, -0.2) is 9.98 Å². The summed E-state index contributed by atoms with van der Waals surface area (Å²) in [6.07, 6.45) is 5.48. The van der Waals surface area contributed by atoms with Crippen LogP contribution in [-0.2, 0) is 11.3 Å². The van der Waals surface area contributed by atoms with Crippen LogP contribution >= 0.6 is 24.0 Å². The largest absolute Gasteiger partial charge is 0.387 e. The molecule has 3 rings (SSSR count). The Morgan fingerprint density at radius 1 is 1.27 bits per heavy atom. The van der Waals surface area contributed by atoms with Gasteiger partial charge in [0.05, 0.1) is 37.4 Å². The Morgan fingerprint density at radius 3 is 2.73 bits per heavy atom. The van der Waals surface area contributed by atoms with E-state index in [-0.39, 0.29) is 24.0 Å². The van der Waals surface area contributed by atoms with Crippen molar-refractivity contribution in [2.24, 2.45) is 4.99 Å². The van der Waals surface area contributed by atoms with Crippen LogP contribution in [0.4, 0.5) is 0 Å². The molecule has 1 aromatic carbocycles. The van der Waals surface area contributed by atoms with Crippen molar-refractivity contribution in [2.45, 2.75) is 26.0 Å². The highest BCUT2D eigenvalue weighted by molar-refractivity contribution is 14.0. The van der Waals surface area contributed by atoms with Crippen molar-refractivity contribution in [3.63, 3.8) is 0 Å². The summed E-state index contributed by atoms with van der Waals surface area (Å²) in [5, 5.41) is 17.3. The maximum absolute atomic E-state index is 10.8. The Bertz CT molecular complexity index is 776. The van der Waals surface area contributed by atoms with Gasteiger partial charge in [-0.05, 0) is 25.5 Å². The highest BCUT2D eigenvalue weighted by atomic mass is 127. The van der Waals surface area contributed by atoms with E-state index >= 15 is 0 Å². The fourth-order valence-electron chi connectivity index (χ4n) is 3.38. The van der Waals surface area contributed by atoms with Gasteiger partial charge in [-0.1, -0.05) is 18.2 Å². The number of hydrogen-bond donors (Lipinski definition) is 3. The molecule has 1 atom stereocenters. The lowest BCUT2D eigenvalue weighted by Gasteiger charge is -2.34. The zero-order chi connectivity index (χ0) is 20.5. The Balaban J connectivity index is 0.00000320. The van der Waals surface area contributed by atoms with E-state index in [2.05, 4.69) is 32.7 Å². The fraction of sp³-hybridized carbons (Fsp3) is 0.524. The van der Waals surface area contributed by atoms with E-state index in [4.69, 9.17) is 9.73 Å². The number of benzene rings is 1. The molecule has 0 radical (unpaired) electrons.